The second-order valence-electron chi connectivity index (χ2n) is 6.41. The van der Waals surface area contributed by atoms with Crippen LogP contribution in [0.2, 0.25) is 0 Å². The van der Waals surface area contributed by atoms with Gasteiger partial charge in [-0.25, -0.2) is 4.98 Å². The summed E-state index contributed by atoms with van der Waals surface area (Å²) >= 11 is 1.51. The summed E-state index contributed by atoms with van der Waals surface area (Å²) in [4.78, 5) is 16.9. The molecule has 0 bridgehead atoms. The monoisotopic (exact) mass is 384 g/mol. The summed E-state index contributed by atoms with van der Waals surface area (Å²) in [5, 5.41) is 3.57. The van der Waals surface area contributed by atoms with Crippen molar-refractivity contribution in [1.82, 2.24) is 4.98 Å². The first kappa shape index (κ1) is 19.2. The van der Waals surface area contributed by atoms with E-state index in [9.17, 15) is 4.79 Å². The molecule has 0 fully saturated rings. The fourth-order valence-corrected chi connectivity index (χ4v) is 4.06. The number of nitrogens with zero attached hydrogens (tertiary/aromatic N) is 1. The van der Waals surface area contributed by atoms with Crippen LogP contribution in [0.5, 0.6) is 11.5 Å². The van der Waals surface area contributed by atoms with Crippen LogP contribution in [0.1, 0.15) is 30.0 Å². The molecule has 6 heteroatoms. The molecule has 0 spiro atoms. The number of ether oxygens (including phenoxy) is 2. The van der Waals surface area contributed by atoms with Gasteiger partial charge in [-0.3, -0.25) is 4.79 Å². The number of rotatable bonds is 7. The second kappa shape index (κ2) is 8.39. The predicted octanol–water partition coefficient (Wildman–Crippen LogP) is 4.89. The van der Waals surface area contributed by atoms with Gasteiger partial charge in [-0.05, 0) is 62.1 Å². The van der Waals surface area contributed by atoms with Crippen LogP contribution in [0, 0.1) is 13.8 Å². The molecule has 27 heavy (non-hydrogen) atoms. The third-order valence-electron chi connectivity index (χ3n) is 4.24. The van der Waals surface area contributed by atoms with Gasteiger partial charge in [-0.1, -0.05) is 23.5 Å². The van der Waals surface area contributed by atoms with E-state index < -0.39 is 0 Å². The molecule has 0 aliphatic heterocycles. The van der Waals surface area contributed by atoms with Crippen LogP contribution in [-0.2, 0) is 11.2 Å². The fraction of sp³-hybridized carbons (Fsp3) is 0.333. The van der Waals surface area contributed by atoms with Gasteiger partial charge in [0.25, 0.3) is 0 Å². The van der Waals surface area contributed by atoms with Crippen LogP contribution in [0.4, 0.5) is 5.13 Å². The third-order valence-corrected chi connectivity index (χ3v) is 5.16. The zero-order valence-corrected chi connectivity index (χ0v) is 16.9. The van der Waals surface area contributed by atoms with Crippen LogP contribution in [0.25, 0.3) is 10.2 Å². The van der Waals surface area contributed by atoms with E-state index in [1.807, 2.05) is 32.0 Å². The summed E-state index contributed by atoms with van der Waals surface area (Å²) in [6, 6.07) is 9.97. The summed E-state index contributed by atoms with van der Waals surface area (Å²) in [7, 11) is 1.62. The predicted molar refractivity (Wildman–Crippen MR) is 110 cm³/mol. The molecule has 0 aliphatic rings. The largest absolute Gasteiger partial charge is 0.493 e. The van der Waals surface area contributed by atoms with Crippen molar-refractivity contribution in [3.8, 4) is 11.5 Å². The zero-order chi connectivity index (χ0) is 19.4. The number of methoxy groups -OCH3 is 1. The lowest BCUT2D eigenvalue weighted by atomic mass is 10.1. The Labute approximate surface area is 163 Å². The van der Waals surface area contributed by atoms with Gasteiger partial charge < -0.3 is 14.8 Å². The van der Waals surface area contributed by atoms with Crippen LogP contribution < -0.4 is 14.8 Å². The van der Waals surface area contributed by atoms with E-state index in [4.69, 9.17) is 9.47 Å². The summed E-state index contributed by atoms with van der Waals surface area (Å²) in [5.41, 5.74) is 4.31. The van der Waals surface area contributed by atoms with Crippen LogP contribution in [0.15, 0.2) is 30.3 Å². The highest BCUT2D eigenvalue weighted by Gasteiger charge is 2.11. The lowest BCUT2D eigenvalue weighted by Gasteiger charge is -2.10. The Bertz CT molecular complexity index is 965. The lowest BCUT2D eigenvalue weighted by molar-refractivity contribution is -0.116. The molecule has 0 radical (unpaired) electrons. The Morgan fingerprint density at radius 3 is 2.74 bits per heavy atom. The number of fused-ring (bicyclic) bond motifs is 1. The molecule has 1 amide bonds. The number of amides is 1. The third kappa shape index (κ3) is 4.57. The van der Waals surface area contributed by atoms with Crippen molar-refractivity contribution in [3.63, 3.8) is 0 Å². The van der Waals surface area contributed by atoms with Gasteiger partial charge in [0.05, 0.1) is 23.9 Å². The molecule has 2 aromatic carbocycles. The topological polar surface area (TPSA) is 60.5 Å². The van der Waals surface area contributed by atoms with Crippen molar-refractivity contribution >= 4 is 32.6 Å². The molecule has 1 heterocycles. The van der Waals surface area contributed by atoms with Gasteiger partial charge in [0.15, 0.2) is 16.6 Å². The number of nitrogens with one attached hydrogen (secondary N) is 1. The van der Waals surface area contributed by atoms with Gasteiger partial charge in [-0.2, -0.15) is 0 Å². The minimum Gasteiger partial charge on any atom is -0.493 e. The van der Waals surface area contributed by atoms with Crippen molar-refractivity contribution in [1.29, 1.82) is 0 Å². The van der Waals surface area contributed by atoms with Crippen LogP contribution >= 0.6 is 11.3 Å². The van der Waals surface area contributed by atoms with E-state index in [2.05, 4.69) is 29.4 Å². The number of carbonyl (C=O) groups is 1. The molecular weight excluding hydrogens is 360 g/mol. The summed E-state index contributed by atoms with van der Waals surface area (Å²) < 4.78 is 12.0. The molecule has 5 nitrogen and oxygen atoms in total. The van der Waals surface area contributed by atoms with Gasteiger partial charge in [0, 0.05) is 6.42 Å². The van der Waals surface area contributed by atoms with E-state index in [1.165, 1.54) is 16.9 Å². The number of aryl methyl sites for hydroxylation is 3. The molecule has 0 saturated carbocycles. The average molecular weight is 385 g/mol. The lowest BCUT2D eigenvalue weighted by Crippen LogP contribution is -2.12. The van der Waals surface area contributed by atoms with Crippen molar-refractivity contribution < 1.29 is 14.3 Å². The quantitative estimate of drug-likeness (QED) is 0.630. The second-order valence-corrected chi connectivity index (χ2v) is 7.44. The Morgan fingerprint density at radius 2 is 2.00 bits per heavy atom. The maximum absolute atomic E-state index is 12.3. The molecule has 3 aromatic rings. The van der Waals surface area contributed by atoms with Crippen LogP contribution in [-0.4, -0.2) is 24.6 Å². The van der Waals surface area contributed by atoms with E-state index in [0.29, 0.717) is 36.1 Å². The minimum absolute atomic E-state index is 0.0451. The van der Waals surface area contributed by atoms with Gasteiger partial charge in [-0.15, -0.1) is 0 Å². The summed E-state index contributed by atoms with van der Waals surface area (Å²) in [6.45, 7) is 6.62. The van der Waals surface area contributed by atoms with E-state index in [1.54, 1.807) is 7.11 Å². The smallest absolute Gasteiger partial charge is 0.226 e. The number of thiazole rings is 1. The van der Waals surface area contributed by atoms with Crippen molar-refractivity contribution in [2.45, 2.75) is 33.6 Å². The fourth-order valence-electron chi connectivity index (χ4n) is 3.01. The number of benzene rings is 2. The maximum Gasteiger partial charge on any atom is 0.226 e. The molecule has 0 aliphatic carbocycles. The molecule has 0 atom stereocenters. The number of aromatic nitrogens is 1. The molecule has 1 N–H and O–H groups in total. The van der Waals surface area contributed by atoms with E-state index in [0.717, 1.165) is 21.3 Å². The molecule has 1 aromatic heterocycles. The van der Waals surface area contributed by atoms with Gasteiger partial charge in [0.2, 0.25) is 5.91 Å². The SMILES string of the molecule is CCOc1ccc(CCC(=O)Nc2nc3c(C)cc(C)cc3s2)cc1OC. The highest BCUT2D eigenvalue weighted by atomic mass is 32.1. The maximum atomic E-state index is 12.3. The molecule has 0 saturated heterocycles. The molecule has 142 valence electrons. The highest BCUT2D eigenvalue weighted by Crippen LogP contribution is 2.30. The normalized spacial score (nSPS) is 10.8. The highest BCUT2D eigenvalue weighted by molar-refractivity contribution is 7.22. The van der Waals surface area contributed by atoms with Crippen molar-refractivity contribution in [2.75, 3.05) is 19.0 Å². The molecule has 3 rings (SSSR count). The minimum atomic E-state index is -0.0451. The molecular formula is C21H24N2O3S. The number of hydrogen-bond acceptors (Lipinski definition) is 5. The Kier molecular flexibility index (Phi) is 5.96. The summed E-state index contributed by atoms with van der Waals surface area (Å²) in [5.74, 6) is 1.36. The Morgan fingerprint density at radius 1 is 1.19 bits per heavy atom. The van der Waals surface area contributed by atoms with Gasteiger partial charge >= 0.3 is 0 Å². The van der Waals surface area contributed by atoms with Gasteiger partial charge in [0.1, 0.15) is 0 Å². The molecule has 0 unspecified atom stereocenters. The van der Waals surface area contributed by atoms with Crippen molar-refractivity contribution in [2.24, 2.45) is 0 Å². The first-order valence-corrected chi connectivity index (χ1v) is 9.79. The Balaban J connectivity index is 1.64. The Hall–Kier alpha value is -2.60. The first-order chi connectivity index (χ1) is 13.0. The average Bonchev–Trinajstić information content (AvgIpc) is 3.03. The summed E-state index contributed by atoms with van der Waals surface area (Å²) in [6.07, 6.45) is 1.00. The van der Waals surface area contributed by atoms with Crippen molar-refractivity contribution in [3.05, 3.63) is 47.0 Å². The number of carbonyl (C=O) groups excluding carboxylic acids is 1. The zero-order valence-electron chi connectivity index (χ0n) is 16.1. The standard InChI is InChI=1S/C21H24N2O3S/c1-5-26-16-8-6-15(12-17(16)25-4)7-9-19(24)22-21-23-20-14(3)10-13(2)11-18(20)27-21/h6,8,10-12H,5,7,9H2,1-4H3,(H,22,23,24). The van der Waals surface area contributed by atoms with E-state index in [-0.39, 0.29) is 5.91 Å². The van der Waals surface area contributed by atoms with Crippen LogP contribution in [0.3, 0.4) is 0 Å². The first-order valence-electron chi connectivity index (χ1n) is 8.97. The number of hydrogen-bond donors (Lipinski definition) is 1. The van der Waals surface area contributed by atoms with E-state index >= 15 is 0 Å². The number of anilines is 1.